The number of nitrogens with one attached hydrogen (secondary N) is 2. The highest BCUT2D eigenvalue weighted by Gasteiger charge is 2.30. The summed E-state index contributed by atoms with van der Waals surface area (Å²) in [6.45, 7) is 2.32. The molecular weight excluding hydrogens is 522 g/mol. The number of hydrogen-bond acceptors (Lipinski definition) is 6. The topological polar surface area (TPSA) is 146 Å². The number of nitriles is 2. The number of aliphatic hydroxyl groups is 2. The maximum absolute atomic E-state index is 12.3. The van der Waals surface area contributed by atoms with Crippen LogP contribution in [-0.4, -0.2) is 22.0 Å². The Kier molecular flexibility index (Phi) is 10.5. The number of aliphatic hydroxyl groups excluding tert-OH is 2. The Balaban J connectivity index is 0.000000380. The van der Waals surface area contributed by atoms with Crippen molar-refractivity contribution in [2.75, 3.05) is 10.6 Å². The molecule has 0 saturated heterocycles. The Morgan fingerprint density at radius 1 is 0.658 bits per heavy atom. The highest BCUT2D eigenvalue weighted by molar-refractivity contribution is 6.07. The number of alkyl halides is 6. The second-order valence-corrected chi connectivity index (χ2v) is 7.20. The summed E-state index contributed by atoms with van der Waals surface area (Å²) in [5, 5.41) is 39.8. The number of allylic oxidation sites excluding steroid dienone is 2. The summed E-state index contributed by atoms with van der Waals surface area (Å²) in [4.78, 5) is 23.0. The minimum Gasteiger partial charge on any atom is -0.511 e. The summed E-state index contributed by atoms with van der Waals surface area (Å²) in [5.74, 6) is -2.71. The fourth-order valence-electron chi connectivity index (χ4n) is 2.46. The van der Waals surface area contributed by atoms with Gasteiger partial charge in [-0.25, -0.2) is 0 Å². The molecule has 2 aromatic carbocycles. The second-order valence-electron chi connectivity index (χ2n) is 7.20. The normalized spacial score (nSPS) is 12.4. The van der Waals surface area contributed by atoms with E-state index in [0.29, 0.717) is 0 Å². The van der Waals surface area contributed by atoms with Gasteiger partial charge < -0.3 is 20.8 Å². The summed E-state index contributed by atoms with van der Waals surface area (Å²) in [6, 6.07) is 10.4. The predicted molar refractivity (Wildman–Crippen MR) is 122 cm³/mol. The third-order valence-corrected chi connectivity index (χ3v) is 4.34. The lowest BCUT2D eigenvalue weighted by atomic mass is 10.2. The van der Waals surface area contributed by atoms with Crippen molar-refractivity contribution in [2.24, 2.45) is 0 Å². The zero-order valence-corrected chi connectivity index (χ0v) is 19.5. The molecule has 0 radical (unpaired) electrons. The predicted octanol–water partition coefficient (Wildman–Crippen LogP) is 6.00. The molecule has 4 N–H and O–H groups in total. The Labute approximate surface area is 211 Å². The summed E-state index contributed by atoms with van der Waals surface area (Å²) >= 11 is 0. The molecule has 14 heteroatoms. The van der Waals surface area contributed by atoms with Crippen molar-refractivity contribution in [1.29, 1.82) is 10.5 Å². The van der Waals surface area contributed by atoms with Crippen molar-refractivity contribution in [2.45, 2.75) is 26.2 Å². The molecule has 0 bridgehead atoms. The van der Waals surface area contributed by atoms with Crippen molar-refractivity contribution in [1.82, 2.24) is 0 Å². The minimum atomic E-state index is -4.46. The van der Waals surface area contributed by atoms with Gasteiger partial charge in [0, 0.05) is 11.4 Å². The number of hydrogen-bond donors (Lipinski definition) is 4. The van der Waals surface area contributed by atoms with Crippen LogP contribution >= 0.6 is 0 Å². The highest BCUT2D eigenvalue weighted by Crippen LogP contribution is 2.30. The van der Waals surface area contributed by atoms with Crippen molar-refractivity contribution >= 4 is 23.2 Å². The maximum atomic E-state index is 12.3. The van der Waals surface area contributed by atoms with Crippen LogP contribution in [0.15, 0.2) is 71.2 Å². The van der Waals surface area contributed by atoms with Crippen molar-refractivity contribution in [3.63, 3.8) is 0 Å². The van der Waals surface area contributed by atoms with Gasteiger partial charge in [0.2, 0.25) is 0 Å². The monoisotopic (exact) mass is 540 g/mol. The van der Waals surface area contributed by atoms with Gasteiger partial charge in [-0.2, -0.15) is 36.9 Å². The van der Waals surface area contributed by atoms with Gasteiger partial charge in [0.1, 0.15) is 23.7 Å². The lowest BCUT2D eigenvalue weighted by Gasteiger charge is -2.08. The van der Waals surface area contributed by atoms with E-state index in [2.05, 4.69) is 10.6 Å². The number of halogens is 6. The van der Waals surface area contributed by atoms with Gasteiger partial charge in [-0.1, -0.05) is 0 Å². The van der Waals surface area contributed by atoms with E-state index in [1.165, 1.54) is 12.1 Å². The van der Waals surface area contributed by atoms with E-state index in [1.54, 1.807) is 0 Å². The average molecular weight is 540 g/mol. The molecule has 38 heavy (non-hydrogen) atoms. The number of benzene rings is 2. The Bertz CT molecular complexity index is 1200. The largest absolute Gasteiger partial charge is 0.511 e. The molecule has 8 nitrogen and oxygen atoms in total. The first-order valence-corrected chi connectivity index (χ1v) is 10.1. The van der Waals surface area contributed by atoms with Crippen LogP contribution in [0.2, 0.25) is 0 Å². The van der Waals surface area contributed by atoms with E-state index < -0.39 is 58.0 Å². The maximum Gasteiger partial charge on any atom is 0.416 e. The van der Waals surface area contributed by atoms with E-state index in [9.17, 15) is 35.9 Å². The number of carbonyl (C=O) groups is 2. The van der Waals surface area contributed by atoms with Crippen LogP contribution in [-0.2, 0) is 21.9 Å². The Morgan fingerprint density at radius 3 is 1.11 bits per heavy atom. The van der Waals surface area contributed by atoms with Gasteiger partial charge in [0.25, 0.3) is 11.8 Å². The third kappa shape index (κ3) is 9.23. The number of nitrogens with zero attached hydrogens (tertiary/aromatic N) is 2. The molecule has 200 valence electrons. The molecule has 0 spiro atoms. The quantitative estimate of drug-likeness (QED) is 0.162. The van der Waals surface area contributed by atoms with Gasteiger partial charge in [0.15, 0.2) is 11.1 Å². The molecule has 0 saturated carbocycles. The molecule has 2 rings (SSSR count). The smallest absolute Gasteiger partial charge is 0.416 e. The van der Waals surface area contributed by atoms with Crippen LogP contribution in [0, 0.1) is 22.7 Å². The van der Waals surface area contributed by atoms with E-state index in [4.69, 9.17) is 20.7 Å². The van der Waals surface area contributed by atoms with E-state index in [0.717, 1.165) is 62.4 Å². The fourth-order valence-corrected chi connectivity index (χ4v) is 2.46. The molecular formula is C24H18F6N4O4. The zero-order chi connectivity index (χ0) is 29.3. The Morgan fingerprint density at radius 2 is 0.921 bits per heavy atom. The summed E-state index contributed by atoms with van der Waals surface area (Å²) in [6.07, 6.45) is -8.91. The molecule has 0 atom stereocenters. The molecule has 0 aliphatic carbocycles. The Hall–Kier alpha value is -4.98. The summed E-state index contributed by atoms with van der Waals surface area (Å²) in [7, 11) is 0. The van der Waals surface area contributed by atoms with Crippen LogP contribution in [0.1, 0.15) is 25.0 Å². The fraction of sp³-hybridized carbons (Fsp3) is 0.167. The number of anilines is 2. The first-order valence-electron chi connectivity index (χ1n) is 10.1. The van der Waals surface area contributed by atoms with E-state index in [1.807, 2.05) is 0 Å². The first-order chi connectivity index (χ1) is 17.5. The molecule has 0 aromatic heterocycles. The average Bonchev–Trinajstić information content (AvgIpc) is 2.79. The van der Waals surface area contributed by atoms with Gasteiger partial charge in [0.05, 0.1) is 11.1 Å². The molecule has 0 unspecified atom stereocenters. The lowest BCUT2D eigenvalue weighted by molar-refractivity contribution is -0.138. The number of rotatable bonds is 4. The lowest BCUT2D eigenvalue weighted by Crippen LogP contribution is -2.15. The SMILES string of the molecule is C/C(O)=C(\C#N)C(=O)Nc1ccc(C(F)(F)F)cc1.C/C(O)=C(\C#N)C(=O)Nc1ccc(C(F)(F)F)cc1. The highest BCUT2D eigenvalue weighted by atomic mass is 19.4. The van der Waals surface area contributed by atoms with E-state index in [-0.39, 0.29) is 11.4 Å². The van der Waals surface area contributed by atoms with Crippen LogP contribution in [0.4, 0.5) is 37.7 Å². The molecule has 2 amide bonds. The molecule has 0 aliphatic rings. The van der Waals surface area contributed by atoms with Crippen molar-refractivity contribution in [3.05, 3.63) is 82.3 Å². The van der Waals surface area contributed by atoms with Gasteiger partial charge in [-0.05, 0) is 62.4 Å². The number of carbonyl (C=O) groups excluding carboxylic acids is 2. The van der Waals surface area contributed by atoms with Crippen molar-refractivity contribution < 1.29 is 46.1 Å². The second kappa shape index (κ2) is 12.8. The first kappa shape index (κ1) is 31.1. The number of amides is 2. The zero-order valence-electron chi connectivity index (χ0n) is 19.5. The minimum absolute atomic E-state index is 0.0898. The summed E-state index contributed by atoms with van der Waals surface area (Å²) in [5.41, 5.74) is -2.52. The van der Waals surface area contributed by atoms with Crippen molar-refractivity contribution in [3.8, 4) is 12.1 Å². The standard InChI is InChI=1S/2C12H9F3N2O2/c2*1-7(18)10(6-16)11(19)17-9-4-2-8(3-5-9)12(13,14)15/h2*2-5,18H,1H3,(H,17,19)/b2*10-7-. The van der Waals surface area contributed by atoms with Crippen LogP contribution in [0.5, 0.6) is 0 Å². The van der Waals surface area contributed by atoms with E-state index >= 15 is 0 Å². The molecule has 2 aromatic rings. The van der Waals surface area contributed by atoms with Gasteiger partial charge >= 0.3 is 12.4 Å². The van der Waals surface area contributed by atoms with Gasteiger partial charge in [-0.15, -0.1) is 0 Å². The third-order valence-electron chi connectivity index (χ3n) is 4.34. The van der Waals surface area contributed by atoms with Crippen LogP contribution in [0.3, 0.4) is 0 Å². The van der Waals surface area contributed by atoms with Gasteiger partial charge in [-0.3, -0.25) is 9.59 Å². The molecule has 0 heterocycles. The molecule has 0 aliphatic heterocycles. The van der Waals surface area contributed by atoms with Crippen LogP contribution in [0.25, 0.3) is 0 Å². The summed E-state index contributed by atoms with van der Waals surface area (Å²) < 4.78 is 73.8. The van der Waals surface area contributed by atoms with Crippen LogP contribution < -0.4 is 10.6 Å². The molecule has 0 fully saturated rings.